The monoisotopic (exact) mass is 308 g/mol. The van der Waals surface area contributed by atoms with Crippen molar-refractivity contribution in [2.24, 2.45) is 0 Å². The summed E-state index contributed by atoms with van der Waals surface area (Å²) < 4.78 is 0. The maximum Gasteiger partial charge on any atom is 0.255 e. The fraction of sp³-hybridized carbons (Fsp3) is 0.263. The normalized spacial score (nSPS) is 13.3. The zero-order valence-corrected chi connectivity index (χ0v) is 13.2. The van der Waals surface area contributed by atoms with Crippen LogP contribution in [0.25, 0.3) is 0 Å². The Bertz CT molecular complexity index is 725. The molecule has 1 aliphatic rings. The van der Waals surface area contributed by atoms with E-state index in [1.807, 2.05) is 48.2 Å². The Kier molecular flexibility index (Phi) is 4.42. The minimum Gasteiger partial charge on any atom is -0.338 e. The van der Waals surface area contributed by atoms with Crippen molar-refractivity contribution in [3.05, 3.63) is 65.2 Å². The molecule has 0 saturated carbocycles. The molecule has 1 aliphatic heterocycles. The largest absolute Gasteiger partial charge is 0.338 e. The molecule has 4 nitrogen and oxygen atoms in total. The molecule has 1 N–H and O–H groups in total. The summed E-state index contributed by atoms with van der Waals surface area (Å²) in [7, 11) is 0. The van der Waals surface area contributed by atoms with Crippen LogP contribution in [0.2, 0.25) is 0 Å². The number of nitrogens with one attached hydrogen (secondary N) is 1. The fourth-order valence-electron chi connectivity index (χ4n) is 2.86. The number of amides is 2. The van der Waals surface area contributed by atoms with Crippen molar-refractivity contribution >= 4 is 17.5 Å². The molecule has 2 amide bonds. The maximum atomic E-state index is 12.2. The van der Waals surface area contributed by atoms with E-state index in [2.05, 4.69) is 5.32 Å². The summed E-state index contributed by atoms with van der Waals surface area (Å²) in [5, 5.41) is 2.92. The van der Waals surface area contributed by atoms with Crippen LogP contribution in [-0.4, -0.2) is 23.3 Å². The van der Waals surface area contributed by atoms with Crippen LogP contribution in [0, 0.1) is 0 Å². The van der Waals surface area contributed by atoms with E-state index >= 15 is 0 Å². The lowest BCUT2D eigenvalue weighted by Crippen LogP contribution is -2.35. The van der Waals surface area contributed by atoms with E-state index in [-0.39, 0.29) is 11.8 Å². The molecule has 4 heteroatoms. The zero-order valence-electron chi connectivity index (χ0n) is 13.2. The first-order valence-electron chi connectivity index (χ1n) is 7.93. The van der Waals surface area contributed by atoms with Crippen LogP contribution in [0.15, 0.2) is 48.5 Å². The third kappa shape index (κ3) is 3.42. The van der Waals surface area contributed by atoms with Gasteiger partial charge in [0.25, 0.3) is 5.91 Å². The molecule has 0 aliphatic carbocycles. The highest BCUT2D eigenvalue weighted by Gasteiger charge is 2.20. The molecule has 0 fully saturated rings. The molecule has 23 heavy (non-hydrogen) atoms. The number of carbonyl (C=O) groups is 2. The number of anilines is 1. The summed E-state index contributed by atoms with van der Waals surface area (Å²) >= 11 is 0. The second-order valence-corrected chi connectivity index (χ2v) is 5.72. The van der Waals surface area contributed by atoms with Gasteiger partial charge in [0.15, 0.2) is 0 Å². The van der Waals surface area contributed by atoms with E-state index < -0.39 is 0 Å². The van der Waals surface area contributed by atoms with Crippen molar-refractivity contribution in [3.63, 3.8) is 0 Å². The summed E-state index contributed by atoms with van der Waals surface area (Å²) in [6.45, 7) is 3.28. The number of benzene rings is 2. The van der Waals surface area contributed by atoms with Crippen LogP contribution in [0.3, 0.4) is 0 Å². The minimum atomic E-state index is -0.122. The van der Waals surface area contributed by atoms with Gasteiger partial charge in [-0.05, 0) is 41.8 Å². The van der Waals surface area contributed by atoms with Gasteiger partial charge in [0, 0.05) is 30.8 Å². The molecular weight excluding hydrogens is 288 g/mol. The molecule has 0 aromatic heterocycles. The summed E-state index contributed by atoms with van der Waals surface area (Å²) in [6, 6.07) is 15.1. The first-order chi connectivity index (χ1) is 11.2. The van der Waals surface area contributed by atoms with Crippen molar-refractivity contribution in [1.82, 2.24) is 4.90 Å². The molecule has 0 atom stereocenters. The van der Waals surface area contributed by atoms with E-state index in [0.717, 1.165) is 24.2 Å². The second-order valence-electron chi connectivity index (χ2n) is 5.72. The first-order valence-corrected chi connectivity index (χ1v) is 7.93. The van der Waals surface area contributed by atoms with Crippen molar-refractivity contribution in [2.75, 3.05) is 11.9 Å². The Balaban J connectivity index is 1.76. The SMILES string of the molecule is CCC(=O)N1CCc2ccc(NC(=O)c3ccccc3)cc2C1. The van der Waals surface area contributed by atoms with E-state index in [1.165, 1.54) is 5.56 Å². The molecule has 0 saturated heterocycles. The molecular formula is C19H20N2O2. The third-order valence-electron chi connectivity index (χ3n) is 4.17. The Hall–Kier alpha value is -2.62. The van der Waals surface area contributed by atoms with Gasteiger partial charge < -0.3 is 10.2 Å². The summed E-state index contributed by atoms with van der Waals surface area (Å²) in [5.41, 5.74) is 3.77. The van der Waals surface area contributed by atoms with E-state index in [0.29, 0.717) is 18.5 Å². The van der Waals surface area contributed by atoms with Gasteiger partial charge >= 0.3 is 0 Å². The molecule has 0 bridgehead atoms. The van der Waals surface area contributed by atoms with Crippen LogP contribution in [0.1, 0.15) is 34.8 Å². The number of rotatable bonds is 3. The highest BCUT2D eigenvalue weighted by Crippen LogP contribution is 2.23. The van der Waals surface area contributed by atoms with Gasteiger partial charge in [0.05, 0.1) is 0 Å². The predicted molar refractivity (Wildman–Crippen MR) is 90.2 cm³/mol. The zero-order chi connectivity index (χ0) is 16.2. The van der Waals surface area contributed by atoms with Gasteiger partial charge in [-0.15, -0.1) is 0 Å². The van der Waals surface area contributed by atoms with E-state index in [1.54, 1.807) is 12.1 Å². The minimum absolute atomic E-state index is 0.122. The van der Waals surface area contributed by atoms with Crippen molar-refractivity contribution in [2.45, 2.75) is 26.3 Å². The van der Waals surface area contributed by atoms with Gasteiger partial charge in [0.2, 0.25) is 5.91 Å². The molecule has 0 unspecified atom stereocenters. The maximum absolute atomic E-state index is 12.2. The molecule has 2 aromatic rings. The van der Waals surface area contributed by atoms with Gasteiger partial charge in [-0.1, -0.05) is 31.2 Å². The molecule has 0 spiro atoms. The molecule has 0 radical (unpaired) electrons. The van der Waals surface area contributed by atoms with Crippen molar-refractivity contribution < 1.29 is 9.59 Å². The van der Waals surface area contributed by atoms with Gasteiger partial charge in [-0.3, -0.25) is 9.59 Å². The first kappa shape index (κ1) is 15.3. The Morgan fingerprint density at radius 1 is 1.09 bits per heavy atom. The topological polar surface area (TPSA) is 49.4 Å². The van der Waals surface area contributed by atoms with Crippen LogP contribution < -0.4 is 5.32 Å². The summed E-state index contributed by atoms with van der Waals surface area (Å²) in [5.74, 6) is 0.0530. The fourth-order valence-corrected chi connectivity index (χ4v) is 2.86. The van der Waals surface area contributed by atoms with Crippen LogP contribution in [0.5, 0.6) is 0 Å². The number of nitrogens with zero attached hydrogens (tertiary/aromatic N) is 1. The lowest BCUT2D eigenvalue weighted by Gasteiger charge is -2.29. The highest BCUT2D eigenvalue weighted by molar-refractivity contribution is 6.04. The van der Waals surface area contributed by atoms with Crippen LogP contribution in [0.4, 0.5) is 5.69 Å². The molecule has 1 heterocycles. The van der Waals surface area contributed by atoms with Crippen LogP contribution in [-0.2, 0) is 17.8 Å². The Morgan fingerprint density at radius 3 is 2.61 bits per heavy atom. The number of carbonyl (C=O) groups excluding carboxylic acids is 2. The summed E-state index contributed by atoms with van der Waals surface area (Å²) in [6.07, 6.45) is 1.40. The Labute approximate surface area is 136 Å². The highest BCUT2D eigenvalue weighted by atomic mass is 16.2. The molecule has 3 rings (SSSR count). The molecule has 118 valence electrons. The van der Waals surface area contributed by atoms with Gasteiger partial charge in [-0.25, -0.2) is 0 Å². The summed E-state index contributed by atoms with van der Waals surface area (Å²) in [4.78, 5) is 26.0. The van der Waals surface area contributed by atoms with E-state index in [9.17, 15) is 9.59 Å². The predicted octanol–water partition coefficient (Wildman–Crippen LogP) is 3.23. The average Bonchev–Trinajstić information content (AvgIpc) is 2.61. The quantitative estimate of drug-likeness (QED) is 0.946. The van der Waals surface area contributed by atoms with Gasteiger partial charge in [0.1, 0.15) is 0 Å². The van der Waals surface area contributed by atoms with Crippen molar-refractivity contribution in [1.29, 1.82) is 0 Å². The van der Waals surface area contributed by atoms with E-state index in [4.69, 9.17) is 0 Å². The standard InChI is InChI=1S/C19H20N2O2/c1-2-18(22)21-11-10-14-8-9-17(12-16(14)13-21)20-19(23)15-6-4-3-5-7-15/h3-9,12H,2,10-11,13H2,1H3,(H,20,23). The van der Waals surface area contributed by atoms with Crippen LogP contribution >= 0.6 is 0 Å². The van der Waals surface area contributed by atoms with Gasteiger partial charge in [-0.2, -0.15) is 0 Å². The number of hydrogen-bond donors (Lipinski definition) is 1. The number of hydrogen-bond acceptors (Lipinski definition) is 2. The lowest BCUT2D eigenvalue weighted by molar-refractivity contribution is -0.131. The van der Waals surface area contributed by atoms with Crippen molar-refractivity contribution in [3.8, 4) is 0 Å². The average molecular weight is 308 g/mol. The number of fused-ring (bicyclic) bond motifs is 1. The second kappa shape index (κ2) is 6.65. The Morgan fingerprint density at radius 2 is 1.87 bits per heavy atom. The third-order valence-corrected chi connectivity index (χ3v) is 4.17. The lowest BCUT2D eigenvalue weighted by atomic mass is 9.98. The molecule has 2 aromatic carbocycles. The smallest absolute Gasteiger partial charge is 0.255 e.